The lowest BCUT2D eigenvalue weighted by Crippen LogP contribution is -2.38. The number of benzene rings is 1. The average Bonchev–Trinajstić information content (AvgIpc) is 3.54. The van der Waals surface area contributed by atoms with Gasteiger partial charge in [-0.2, -0.15) is 0 Å². The number of nitrogens with two attached hydrogens (primary N) is 1. The first-order valence-corrected chi connectivity index (χ1v) is 11.8. The van der Waals surface area contributed by atoms with E-state index in [2.05, 4.69) is 25.9 Å². The number of methoxy groups -OCH3 is 1. The highest BCUT2D eigenvalue weighted by Crippen LogP contribution is 2.66. The Labute approximate surface area is 205 Å². The third-order valence-electron chi connectivity index (χ3n) is 6.56. The highest BCUT2D eigenvalue weighted by molar-refractivity contribution is 8.15. The smallest absolute Gasteiger partial charge is 0.233 e. The quantitative estimate of drug-likeness (QED) is 0.501. The van der Waals surface area contributed by atoms with Crippen molar-refractivity contribution >= 4 is 28.0 Å². The van der Waals surface area contributed by atoms with Crippen LogP contribution >= 0.6 is 11.8 Å². The number of fused-ring (bicyclic) bond motifs is 2. The molecule has 0 saturated heterocycles. The van der Waals surface area contributed by atoms with Gasteiger partial charge in [0.25, 0.3) is 0 Å². The van der Waals surface area contributed by atoms with Gasteiger partial charge in [0.15, 0.2) is 23.4 Å². The van der Waals surface area contributed by atoms with Crippen LogP contribution in [0, 0.1) is 29.9 Å². The van der Waals surface area contributed by atoms with E-state index in [-0.39, 0.29) is 29.3 Å². The number of ether oxygens (including phenoxy) is 2. The van der Waals surface area contributed by atoms with E-state index in [9.17, 15) is 4.39 Å². The first-order valence-electron chi connectivity index (χ1n) is 11.0. The molecule has 180 valence electrons. The lowest BCUT2D eigenvalue weighted by atomic mass is 9.84. The second-order valence-electron chi connectivity index (χ2n) is 8.90. The number of rotatable bonds is 7. The number of halogens is 2. The van der Waals surface area contributed by atoms with Gasteiger partial charge in [-0.3, -0.25) is 9.98 Å². The molecule has 10 heteroatoms. The molecule has 7 nitrogen and oxygen atoms in total. The number of terminal acetylenes is 1. The molecule has 0 amide bonds. The fourth-order valence-electron chi connectivity index (χ4n) is 4.94. The summed E-state index contributed by atoms with van der Waals surface area (Å²) in [4.78, 5) is 17.8. The number of thioether (sulfide) groups is 1. The molecule has 1 fully saturated rings. The summed E-state index contributed by atoms with van der Waals surface area (Å²) in [6, 6.07) is 4.53. The van der Waals surface area contributed by atoms with Crippen molar-refractivity contribution in [3.8, 4) is 18.2 Å². The zero-order valence-corrected chi connectivity index (χ0v) is 20.0. The summed E-state index contributed by atoms with van der Waals surface area (Å²) >= 11 is 1.45. The molecule has 3 atom stereocenters. The van der Waals surface area contributed by atoms with Crippen LogP contribution in [0.15, 0.2) is 35.6 Å². The van der Waals surface area contributed by atoms with Crippen molar-refractivity contribution < 1.29 is 18.3 Å². The molecule has 3 heterocycles. The molecule has 3 aromatic rings. The number of pyridine rings is 1. The predicted molar refractivity (Wildman–Crippen MR) is 130 cm³/mol. The number of hydrogen-bond acceptors (Lipinski definition) is 8. The van der Waals surface area contributed by atoms with Gasteiger partial charge in [-0.15, -0.1) is 6.42 Å². The molecule has 1 aliphatic heterocycles. The topological polar surface area (TPSA) is 95.5 Å². The lowest BCUT2D eigenvalue weighted by Gasteiger charge is -2.34. The van der Waals surface area contributed by atoms with Gasteiger partial charge in [0.05, 0.1) is 34.3 Å². The van der Waals surface area contributed by atoms with Crippen LogP contribution in [0.5, 0.6) is 5.88 Å². The van der Waals surface area contributed by atoms with Crippen LogP contribution in [-0.2, 0) is 16.7 Å². The predicted octanol–water partition coefficient (Wildman–Crippen LogP) is 3.59. The van der Waals surface area contributed by atoms with E-state index >= 15 is 4.39 Å². The van der Waals surface area contributed by atoms with Gasteiger partial charge >= 0.3 is 0 Å². The van der Waals surface area contributed by atoms with E-state index < -0.39 is 17.2 Å². The van der Waals surface area contributed by atoms with Crippen LogP contribution in [0.2, 0.25) is 0 Å². The Bertz CT molecular complexity index is 1390. The van der Waals surface area contributed by atoms with Gasteiger partial charge < -0.3 is 15.2 Å². The van der Waals surface area contributed by atoms with Crippen molar-refractivity contribution in [2.24, 2.45) is 16.6 Å². The summed E-state index contributed by atoms with van der Waals surface area (Å²) in [7, 11) is 1.62. The Kier molecular flexibility index (Phi) is 5.85. The molecule has 0 bridgehead atoms. The SMILES string of the molecule is C#CCOc1cnc2c(Cc3cc(F)c(F)c([C@@]4(C)N=C(N)S[C@@]5(COC)C[C@H]54)c3)nccc2n1. The molecule has 2 aromatic heterocycles. The van der Waals surface area contributed by atoms with E-state index in [1.165, 1.54) is 24.0 Å². The summed E-state index contributed by atoms with van der Waals surface area (Å²) in [6.07, 6.45) is 9.25. The third-order valence-corrected chi connectivity index (χ3v) is 7.84. The first-order chi connectivity index (χ1) is 16.8. The molecule has 0 spiro atoms. The standard InChI is InChI=1S/C25H23F2N5O2S/c1-4-7-34-20-12-30-22-17(31-20)5-6-29-18(22)10-14-8-15(21(27)16(26)9-14)24(2)19-11-25(19,13-33-3)35-23(28)32-24/h1,5-6,8-9,12,19H,7,10-11,13H2,2-3H3,(H2,28,32)/t19-,24+,25+/m0/s1. The van der Waals surface area contributed by atoms with E-state index in [4.69, 9.17) is 21.6 Å². The van der Waals surface area contributed by atoms with E-state index in [1.54, 1.807) is 25.4 Å². The molecular weight excluding hydrogens is 472 g/mol. The number of amidine groups is 1. The van der Waals surface area contributed by atoms with Crippen molar-refractivity contribution in [1.29, 1.82) is 0 Å². The second-order valence-corrected chi connectivity index (χ2v) is 10.3. The molecule has 35 heavy (non-hydrogen) atoms. The van der Waals surface area contributed by atoms with Crippen molar-refractivity contribution in [3.05, 3.63) is 59.0 Å². The summed E-state index contributed by atoms with van der Waals surface area (Å²) in [5, 5.41) is 0.345. The Morgan fingerprint density at radius 3 is 2.91 bits per heavy atom. The van der Waals surface area contributed by atoms with Crippen LogP contribution in [0.25, 0.3) is 11.0 Å². The zero-order chi connectivity index (χ0) is 24.8. The van der Waals surface area contributed by atoms with Gasteiger partial charge in [0.2, 0.25) is 5.88 Å². The molecule has 1 aliphatic carbocycles. The average molecular weight is 496 g/mol. The molecule has 2 N–H and O–H groups in total. The van der Waals surface area contributed by atoms with Crippen LogP contribution in [0.1, 0.15) is 30.2 Å². The van der Waals surface area contributed by atoms with Crippen molar-refractivity contribution in [3.63, 3.8) is 0 Å². The highest BCUT2D eigenvalue weighted by Gasteiger charge is 2.66. The molecular formula is C25H23F2N5O2S. The van der Waals surface area contributed by atoms with Gasteiger partial charge in [0, 0.05) is 31.2 Å². The molecule has 0 radical (unpaired) electrons. The van der Waals surface area contributed by atoms with Crippen molar-refractivity contribution in [2.45, 2.75) is 30.1 Å². The van der Waals surface area contributed by atoms with Crippen LogP contribution in [-0.4, -0.2) is 45.2 Å². The van der Waals surface area contributed by atoms with Gasteiger partial charge in [-0.25, -0.2) is 18.7 Å². The van der Waals surface area contributed by atoms with Crippen molar-refractivity contribution in [1.82, 2.24) is 15.0 Å². The number of aromatic nitrogens is 3. The molecule has 1 aromatic carbocycles. The highest BCUT2D eigenvalue weighted by atomic mass is 32.2. The van der Waals surface area contributed by atoms with Gasteiger partial charge in [-0.1, -0.05) is 17.7 Å². The monoisotopic (exact) mass is 495 g/mol. The Balaban J connectivity index is 1.52. The summed E-state index contributed by atoms with van der Waals surface area (Å²) in [5.41, 5.74) is 7.51. The van der Waals surface area contributed by atoms with E-state index in [1.807, 2.05) is 6.92 Å². The maximum absolute atomic E-state index is 15.2. The fourth-order valence-corrected chi connectivity index (χ4v) is 6.39. The summed E-state index contributed by atoms with van der Waals surface area (Å²) < 4.78 is 40.5. The van der Waals surface area contributed by atoms with E-state index in [0.717, 1.165) is 6.42 Å². The van der Waals surface area contributed by atoms with E-state index in [0.29, 0.717) is 39.9 Å². The minimum absolute atomic E-state index is 0.0284. The second kappa shape index (κ2) is 8.73. The molecule has 2 aliphatic rings. The number of nitrogens with zero attached hydrogens (tertiary/aromatic N) is 4. The Morgan fingerprint density at radius 1 is 1.31 bits per heavy atom. The summed E-state index contributed by atoms with van der Waals surface area (Å²) in [5.74, 6) is 0.784. The molecule has 1 saturated carbocycles. The molecule has 0 unspecified atom stereocenters. The zero-order valence-electron chi connectivity index (χ0n) is 19.2. The van der Waals surface area contributed by atoms with Crippen molar-refractivity contribution in [2.75, 3.05) is 20.3 Å². The maximum Gasteiger partial charge on any atom is 0.233 e. The minimum atomic E-state index is -1.01. The normalized spacial score (nSPS) is 25.0. The molecule has 5 rings (SSSR count). The number of aliphatic imine (C=N–C) groups is 1. The fraction of sp³-hybridized carbons (Fsp3) is 0.360. The minimum Gasteiger partial charge on any atom is -0.463 e. The third kappa shape index (κ3) is 4.09. The van der Waals surface area contributed by atoms with Crippen LogP contribution < -0.4 is 10.5 Å². The maximum atomic E-state index is 15.2. The van der Waals surface area contributed by atoms with Crippen LogP contribution in [0.4, 0.5) is 8.78 Å². The van der Waals surface area contributed by atoms with Gasteiger partial charge in [-0.05, 0) is 37.1 Å². The Hall–Kier alpha value is -3.29. The lowest BCUT2D eigenvalue weighted by molar-refractivity contribution is 0.184. The first kappa shape index (κ1) is 23.5. The van der Waals surface area contributed by atoms with Gasteiger partial charge in [0.1, 0.15) is 5.52 Å². The van der Waals surface area contributed by atoms with Crippen LogP contribution in [0.3, 0.4) is 0 Å². The largest absolute Gasteiger partial charge is 0.463 e. The number of hydrogen-bond donors (Lipinski definition) is 1. The summed E-state index contributed by atoms with van der Waals surface area (Å²) in [6.45, 7) is 2.35. The Morgan fingerprint density at radius 2 is 2.14 bits per heavy atom.